The lowest BCUT2D eigenvalue weighted by Crippen LogP contribution is -2.45. The topological polar surface area (TPSA) is 52.7 Å². The highest BCUT2D eigenvalue weighted by Gasteiger charge is 2.32. The summed E-state index contributed by atoms with van der Waals surface area (Å²) in [5, 5.41) is 3.40. The summed E-state index contributed by atoms with van der Waals surface area (Å²) in [6.45, 7) is 2.37. The molecule has 6 heteroatoms. The SMILES string of the molecule is O=C1NCCN1C(=O)N1CCCC[C@@H](c2ccc(Cl)cc2)C1. The number of benzene rings is 1. The number of nitrogens with zero attached hydrogens (tertiary/aromatic N) is 2. The lowest BCUT2D eigenvalue weighted by molar-refractivity contribution is 0.163. The molecule has 2 aliphatic heterocycles. The molecule has 0 unspecified atom stereocenters. The maximum absolute atomic E-state index is 12.6. The number of amides is 4. The van der Waals surface area contributed by atoms with Crippen LogP contribution in [0, 0.1) is 0 Å². The molecule has 5 nitrogen and oxygen atoms in total. The summed E-state index contributed by atoms with van der Waals surface area (Å²) in [5.41, 5.74) is 1.20. The summed E-state index contributed by atoms with van der Waals surface area (Å²) < 4.78 is 0. The Balaban J connectivity index is 1.73. The van der Waals surface area contributed by atoms with Gasteiger partial charge in [-0.1, -0.05) is 30.2 Å². The second kappa shape index (κ2) is 6.57. The lowest BCUT2D eigenvalue weighted by Gasteiger charge is -2.27. The number of rotatable bonds is 1. The van der Waals surface area contributed by atoms with E-state index >= 15 is 0 Å². The zero-order valence-electron chi connectivity index (χ0n) is 12.4. The van der Waals surface area contributed by atoms with Gasteiger partial charge in [0.2, 0.25) is 0 Å². The van der Waals surface area contributed by atoms with Crippen LogP contribution in [-0.4, -0.2) is 48.0 Å². The third-order valence-corrected chi connectivity index (χ3v) is 4.62. The highest BCUT2D eigenvalue weighted by molar-refractivity contribution is 6.30. The summed E-state index contributed by atoms with van der Waals surface area (Å²) in [5.74, 6) is 0.300. The quantitative estimate of drug-likeness (QED) is 0.864. The molecule has 0 aromatic heterocycles. The predicted octanol–water partition coefficient (Wildman–Crippen LogP) is 3.05. The fourth-order valence-electron chi connectivity index (χ4n) is 3.15. The molecule has 2 fully saturated rings. The Kier molecular flexibility index (Phi) is 4.52. The number of halogens is 1. The summed E-state index contributed by atoms with van der Waals surface area (Å²) in [4.78, 5) is 27.4. The van der Waals surface area contributed by atoms with Crippen LogP contribution in [0.25, 0.3) is 0 Å². The van der Waals surface area contributed by atoms with Crippen LogP contribution in [0.5, 0.6) is 0 Å². The van der Waals surface area contributed by atoms with E-state index < -0.39 is 0 Å². The minimum atomic E-state index is -0.280. The number of nitrogens with one attached hydrogen (secondary N) is 1. The van der Waals surface area contributed by atoms with E-state index in [0.717, 1.165) is 24.3 Å². The number of imide groups is 1. The second-order valence-corrected chi connectivity index (χ2v) is 6.29. The average molecular weight is 322 g/mol. The molecule has 0 spiro atoms. The van der Waals surface area contributed by atoms with Gasteiger partial charge in [-0.05, 0) is 30.5 Å². The largest absolute Gasteiger partial charge is 0.336 e. The van der Waals surface area contributed by atoms with Crippen molar-refractivity contribution >= 4 is 23.7 Å². The molecule has 0 radical (unpaired) electrons. The Morgan fingerprint density at radius 2 is 1.95 bits per heavy atom. The van der Waals surface area contributed by atoms with Crippen LogP contribution in [0.3, 0.4) is 0 Å². The van der Waals surface area contributed by atoms with Gasteiger partial charge in [0, 0.05) is 37.1 Å². The smallest absolute Gasteiger partial charge is 0.328 e. The Bertz CT molecular complexity index is 561. The van der Waals surface area contributed by atoms with Crippen LogP contribution < -0.4 is 5.32 Å². The molecule has 2 saturated heterocycles. The molecule has 1 N–H and O–H groups in total. The van der Waals surface area contributed by atoms with Crippen LogP contribution in [0.2, 0.25) is 5.02 Å². The van der Waals surface area contributed by atoms with Crippen LogP contribution in [-0.2, 0) is 0 Å². The van der Waals surface area contributed by atoms with Crippen LogP contribution in [0.4, 0.5) is 9.59 Å². The van der Waals surface area contributed by atoms with Crippen molar-refractivity contribution in [2.75, 3.05) is 26.2 Å². The third kappa shape index (κ3) is 3.19. The number of carbonyl (C=O) groups is 2. The highest BCUT2D eigenvalue weighted by atomic mass is 35.5. The minimum Gasteiger partial charge on any atom is -0.336 e. The Morgan fingerprint density at radius 3 is 2.64 bits per heavy atom. The van der Waals surface area contributed by atoms with Crippen LogP contribution in [0.1, 0.15) is 30.7 Å². The van der Waals surface area contributed by atoms with E-state index in [1.54, 1.807) is 0 Å². The first-order valence-electron chi connectivity index (χ1n) is 7.75. The van der Waals surface area contributed by atoms with E-state index in [4.69, 9.17) is 11.6 Å². The van der Waals surface area contributed by atoms with Gasteiger partial charge < -0.3 is 10.2 Å². The van der Waals surface area contributed by atoms with E-state index in [2.05, 4.69) is 5.32 Å². The first kappa shape index (κ1) is 15.2. The molecular formula is C16H20ClN3O2. The molecule has 3 rings (SSSR count). The fourth-order valence-corrected chi connectivity index (χ4v) is 3.27. The molecule has 0 aliphatic carbocycles. The van der Waals surface area contributed by atoms with Crippen molar-refractivity contribution in [2.24, 2.45) is 0 Å². The Hall–Kier alpha value is -1.75. The van der Waals surface area contributed by atoms with Gasteiger partial charge in [0.05, 0.1) is 0 Å². The van der Waals surface area contributed by atoms with Crippen molar-refractivity contribution in [3.8, 4) is 0 Å². The zero-order chi connectivity index (χ0) is 15.5. The predicted molar refractivity (Wildman–Crippen MR) is 85.1 cm³/mol. The van der Waals surface area contributed by atoms with Crippen molar-refractivity contribution in [3.63, 3.8) is 0 Å². The van der Waals surface area contributed by atoms with Gasteiger partial charge in [0.15, 0.2) is 0 Å². The maximum atomic E-state index is 12.6. The van der Waals surface area contributed by atoms with Crippen LogP contribution in [0.15, 0.2) is 24.3 Å². The molecule has 22 heavy (non-hydrogen) atoms. The molecule has 4 amide bonds. The average Bonchev–Trinajstić information content (AvgIpc) is 2.80. The standard InChI is InChI=1S/C16H20ClN3O2/c17-14-6-4-12(5-7-14)13-3-1-2-9-19(11-13)16(22)20-10-8-18-15(20)21/h4-7,13H,1-3,8-11H2,(H,18,21)/t13-/m1/s1. The summed E-state index contributed by atoms with van der Waals surface area (Å²) >= 11 is 5.95. The normalized spacial score (nSPS) is 22.4. The summed E-state index contributed by atoms with van der Waals surface area (Å²) in [6, 6.07) is 7.39. The molecule has 1 atom stereocenters. The van der Waals surface area contributed by atoms with Crippen molar-refractivity contribution in [1.29, 1.82) is 0 Å². The Labute approximate surface area is 135 Å². The summed E-state index contributed by atoms with van der Waals surface area (Å²) in [6.07, 6.45) is 3.12. The van der Waals surface area contributed by atoms with Gasteiger partial charge >= 0.3 is 12.1 Å². The summed E-state index contributed by atoms with van der Waals surface area (Å²) in [7, 11) is 0. The second-order valence-electron chi connectivity index (χ2n) is 5.86. The first-order valence-corrected chi connectivity index (χ1v) is 8.12. The van der Waals surface area contributed by atoms with E-state index in [1.807, 2.05) is 29.2 Å². The number of urea groups is 2. The molecule has 2 aliphatic rings. The highest BCUT2D eigenvalue weighted by Crippen LogP contribution is 2.28. The van der Waals surface area contributed by atoms with Gasteiger partial charge in [0.1, 0.15) is 0 Å². The van der Waals surface area contributed by atoms with Crippen molar-refractivity contribution in [3.05, 3.63) is 34.9 Å². The monoisotopic (exact) mass is 321 g/mol. The van der Waals surface area contributed by atoms with Gasteiger partial charge in [-0.3, -0.25) is 0 Å². The maximum Gasteiger partial charge on any atom is 0.328 e. The van der Waals surface area contributed by atoms with Crippen LogP contribution >= 0.6 is 11.6 Å². The molecular weight excluding hydrogens is 302 g/mol. The lowest BCUT2D eigenvalue weighted by atomic mass is 9.94. The number of hydrogen-bond donors (Lipinski definition) is 1. The molecule has 118 valence electrons. The van der Waals surface area contributed by atoms with Crippen molar-refractivity contribution < 1.29 is 9.59 Å². The molecule has 0 bridgehead atoms. The fraction of sp³-hybridized carbons (Fsp3) is 0.500. The van der Waals surface area contributed by atoms with Gasteiger partial charge in [-0.25, -0.2) is 14.5 Å². The molecule has 1 aromatic rings. The number of carbonyl (C=O) groups excluding carboxylic acids is 2. The Morgan fingerprint density at radius 1 is 1.18 bits per heavy atom. The van der Waals surface area contributed by atoms with Gasteiger partial charge in [0.25, 0.3) is 0 Å². The van der Waals surface area contributed by atoms with E-state index in [-0.39, 0.29) is 12.1 Å². The van der Waals surface area contributed by atoms with E-state index in [9.17, 15) is 9.59 Å². The zero-order valence-corrected chi connectivity index (χ0v) is 13.2. The van der Waals surface area contributed by atoms with E-state index in [0.29, 0.717) is 32.1 Å². The van der Waals surface area contributed by atoms with Crippen molar-refractivity contribution in [1.82, 2.24) is 15.1 Å². The molecule has 2 heterocycles. The first-order chi connectivity index (χ1) is 10.6. The van der Waals surface area contributed by atoms with E-state index in [1.165, 1.54) is 10.5 Å². The van der Waals surface area contributed by atoms with Gasteiger partial charge in [-0.15, -0.1) is 0 Å². The molecule has 0 saturated carbocycles. The minimum absolute atomic E-state index is 0.170. The molecule has 1 aromatic carbocycles. The van der Waals surface area contributed by atoms with Gasteiger partial charge in [-0.2, -0.15) is 0 Å². The third-order valence-electron chi connectivity index (χ3n) is 4.37. The number of hydrogen-bond acceptors (Lipinski definition) is 2. The van der Waals surface area contributed by atoms with Crippen molar-refractivity contribution in [2.45, 2.75) is 25.2 Å². The number of likely N-dealkylation sites (tertiary alicyclic amines) is 1.